The predicted octanol–water partition coefficient (Wildman–Crippen LogP) is 3.40. The zero-order valence-electron chi connectivity index (χ0n) is 20.2. The molecule has 184 valence electrons. The molecule has 0 unspecified atom stereocenters. The molecule has 0 saturated carbocycles. The Morgan fingerprint density at radius 3 is 2.40 bits per heavy atom. The second-order valence-corrected chi connectivity index (χ2v) is 8.23. The van der Waals surface area contributed by atoms with Crippen LogP contribution in [0, 0.1) is 0 Å². The minimum atomic E-state index is -0.348. The number of carbonyl (C=O) groups is 2. The van der Waals surface area contributed by atoms with E-state index in [1.54, 1.807) is 12.1 Å². The van der Waals surface area contributed by atoms with Gasteiger partial charge in [-0.1, -0.05) is 18.2 Å². The molecule has 0 atom stereocenters. The van der Waals surface area contributed by atoms with Crippen molar-refractivity contribution in [2.24, 2.45) is 0 Å². The number of aryl methyl sites for hydroxylation is 1. The van der Waals surface area contributed by atoms with Crippen LogP contribution in [0.25, 0.3) is 10.9 Å². The van der Waals surface area contributed by atoms with Crippen LogP contribution in [0.2, 0.25) is 0 Å². The first-order valence-electron chi connectivity index (χ1n) is 11.6. The Labute approximate surface area is 204 Å². The Bertz CT molecular complexity index is 1220. The van der Waals surface area contributed by atoms with Crippen molar-refractivity contribution >= 4 is 28.4 Å². The number of nitrogens with one attached hydrogen (secondary N) is 3. The molecule has 9 nitrogen and oxygen atoms in total. The Morgan fingerprint density at radius 1 is 0.971 bits per heavy atom. The number of amides is 2. The Morgan fingerprint density at radius 2 is 1.69 bits per heavy atom. The molecule has 4 rings (SSSR count). The summed E-state index contributed by atoms with van der Waals surface area (Å²) in [5.74, 6) is 0.585. The fraction of sp³-hybridized carbons (Fsp3) is 0.346. The highest BCUT2D eigenvalue weighted by Crippen LogP contribution is 2.38. The van der Waals surface area contributed by atoms with Gasteiger partial charge in [-0.05, 0) is 49.4 Å². The molecule has 0 bridgehead atoms. The highest BCUT2D eigenvalue weighted by molar-refractivity contribution is 5.96. The summed E-state index contributed by atoms with van der Waals surface area (Å²) in [4.78, 5) is 30.0. The van der Waals surface area contributed by atoms with Crippen LogP contribution in [0.15, 0.2) is 36.4 Å². The van der Waals surface area contributed by atoms with Gasteiger partial charge in [-0.25, -0.2) is 0 Å². The molecule has 1 aliphatic carbocycles. The number of para-hydroxylation sites is 1. The van der Waals surface area contributed by atoms with Gasteiger partial charge in [0.2, 0.25) is 11.7 Å². The number of fused-ring (bicyclic) bond motifs is 2. The third-order valence-corrected chi connectivity index (χ3v) is 6.06. The number of hydrogen-bond acceptors (Lipinski definition) is 7. The molecule has 0 spiro atoms. The summed E-state index contributed by atoms with van der Waals surface area (Å²) in [6.45, 7) is 0.165. The van der Waals surface area contributed by atoms with E-state index < -0.39 is 0 Å². The smallest absolute Gasteiger partial charge is 0.251 e. The van der Waals surface area contributed by atoms with E-state index in [1.165, 1.54) is 21.3 Å². The van der Waals surface area contributed by atoms with Gasteiger partial charge in [0, 0.05) is 29.6 Å². The molecule has 0 fully saturated rings. The van der Waals surface area contributed by atoms with E-state index in [0.29, 0.717) is 22.8 Å². The Balaban J connectivity index is 1.37. The zero-order chi connectivity index (χ0) is 24.8. The number of aromatic nitrogens is 1. The van der Waals surface area contributed by atoms with E-state index in [2.05, 4.69) is 16.2 Å². The van der Waals surface area contributed by atoms with Gasteiger partial charge in [0.1, 0.15) is 0 Å². The third-order valence-electron chi connectivity index (χ3n) is 6.06. The van der Waals surface area contributed by atoms with Crippen LogP contribution in [0.4, 0.5) is 5.69 Å². The van der Waals surface area contributed by atoms with Gasteiger partial charge < -0.3 is 19.5 Å². The maximum Gasteiger partial charge on any atom is 0.251 e. The molecule has 2 aromatic carbocycles. The van der Waals surface area contributed by atoms with E-state index in [1.807, 2.05) is 24.3 Å². The van der Waals surface area contributed by atoms with Crippen LogP contribution in [0.1, 0.15) is 40.9 Å². The summed E-state index contributed by atoms with van der Waals surface area (Å²) < 4.78 is 15.9. The molecule has 3 aromatic rings. The van der Waals surface area contributed by atoms with Crippen molar-refractivity contribution in [2.75, 3.05) is 33.3 Å². The summed E-state index contributed by atoms with van der Waals surface area (Å²) >= 11 is 0. The molecule has 1 heterocycles. The monoisotopic (exact) mass is 478 g/mol. The van der Waals surface area contributed by atoms with Crippen LogP contribution < -0.4 is 30.4 Å². The van der Waals surface area contributed by atoms with Gasteiger partial charge in [0.05, 0.1) is 32.5 Å². The van der Waals surface area contributed by atoms with Crippen molar-refractivity contribution in [1.29, 1.82) is 0 Å². The molecule has 0 saturated heterocycles. The van der Waals surface area contributed by atoms with Crippen molar-refractivity contribution in [3.63, 3.8) is 0 Å². The van der Waals surface area contributed by atoms with Crippen molar-refractivity contribution < 1.29 is 23.8 Å². The maximum atomic E-state index is 12.6. The largest absolute Gasteiger partial charge is 0.493 e. The van der Waals surface area contributed by atoms with Gasteiger partial charge in [0.15, 0.2) is 11.5 Å². The molecule has 1 aliphatic rings. The highest BCUT2D eigenvalue weighted by Gasteiger charge is 2.19. The molecule has 0 radical (unpaired) electrons. The predicted molar refractivity (Wildman–Crippen MR) is 133 cm³/mol. The minimum absolute atomic E-state index is 0.106. The van der Waals surface area contributed by atoms with E-state index in [9.17, 15) is 9.59 Å². The fourth-order valence-electron chi connectivity index (χ4n) is 4.31. The van der Waals surface area contributed by atoms with Crippen molar-refractivity contribution in [1.82, 2.24) is 15.7 Å². The van der Waals surface area contributed by atoms with E-state index >= 15 is 0 Å². The number of pyridine rings is 1. The van der Waals surface area contributed by atoms with Gasteiger partial charge in [-0.3, -0.25) is 25.4 Å². The van der Waals surface area contributed by atoms with Crippen LogP contribution in [0.3, 0.4) is 0 Å². The standard InChI is InChI=1S/C26H30N4O5/c1-33-21-14-16(15-22(34-2)25(21)35-3)26(32)27-13-12-23(31)29-30-24-17-8-4-6-10-19(17)28-20-11-7-5-9-18(20)24/h4,6,8,10,14-15H,5,7,9,11-13H2,1-3H3,(H,27,32)(H,28,30)(H,29,31). The number of anilines is 1. The number of nitrogens with zero attached hydrogens (tertiary/aromatic N) is 1. The second-order valence-electron chi connectivity index (χ2n) is 8.23. The van der Waals surface area contributed by atoms with Gasteiger partial charge in [-0.15, -0.1) is 0 Å². The number of carbonyl (C=O) groups excluding carboxylic acids is 2. The summed E-state index contributed by atoms with van der Waals surface area (Å²) in [6, 6.07) is 11.0. The average Bonchev–Trinajstić information content (AvgIpc) is 2.89. The van der Waals surface area contributed by atoms with E-state index in [4.69, 9.17) is 19.2 Å². The van der Waals surface area contributed by atoms with Crippen molar-refractivity contribution in [2.45, 2.75) is 32.1 Å². The molecular formula is C26H30N4O5. The topological polar surface area (TPSA) is 111 Å². The molecule has 9 heteroatoms. The Kier molecular flexibility index (Phi) is 7.54. The lowest BCUT2D eigenvalue weighted by Crippen LogP contribution is -2.34. The third kappa shape index (κ3) is 5.24. The first-order valence-corrected chi connectivity index (χ1v) is 11.6. The first-order chi connectivity index (χ1) is 17.0. The molecule has 2 amide bonds. The number of ether oxygens (including phenoxy) is 3. The van der Waals surface area contributed by atoms with Gasteiger partial charge in [0.25, 0.3) is 5.91 Å². The van der Waals surface area contributed by atoms with E-state index in [0.717, 1.165) is 53.5 Å². The second kappa shape index (κ2) is 10.9. The number of methoxy groups -OCH3 is 3. The number of benzene rings is 2. The fourth-order valence-corrected chi connectivity index (χ4v) is 4.31. The lowest BCUT2D eigenvalue weighted by atomic mass is 9.93. The van der Waals surface area contributed by atoms with E-state index in [-0.39, 0.29) is 24.8 Å². The Hall–Kier alpha value is -4.01. The summed E-state index contributed by atoms with van der Waals surface area (Å²) in [5, 5.41) is 3.73. The van der Waals surface area contributed by atoms with Crippen LogP contribution in [-0.4, -0.2) is 44.7 Å². The SMILES string of the molecule is COc1cc(C(=O)NCCC(=O)NNc2c3c(nc4ccccc24)CCCC3)cc(OC)c1OC. The van der Waals surface area contributed by atoms with Gasteiger partial charge >= 0.3 is 0 Å². The molecule has 3 N–H and O–H groups in total. The maximum absolute atomic E-state index is 12.6. The lowest BCUT2D eigenvalue weighted by Gasteiger charge is -2.21. The van der Waals surface area contributed by atoms with Crippen molar-refractivity contribution in [3.05, 3.63) is 53.2 Å². The minimum Gasteiger partial charge on any atom is -0.493 e. The normalized spacial score (nSPS) is 12.4. The summed E-state index contributed by atoms with van der Waals surface area (Å²) in [5.41, 5.74) is 10.3. The molecule has 35 heavy (non-hydrogen) atoms. The average molecular weight is 479 g/mol. The zero-order valence-corrected chi connectivity index (χ0v) is 20.2. The lowest BCUT2D eigenvalue weighted by molar-refractivity contribution is -0.120. The number of rotatable bonds is 9. The van der Waals surface area contributed by atoms with Crippen molar-refractivity contribution in [3.8, 4) is 17.2 Å². The number of hydrazine groups is 1. The van der Waals surface area contributed by atoms with Crippen LogP contribution >= 0.6 is 0 Å². The highest BCUT2D eigenvalue weighted by atomic mass is 16.5. The summed E-state index contributed by atoms with van der Waals surface area (Å²) in [6.07, 6.45) is 4.19. The summed E-state index contributed by atoms with van der Waals surface area (Å²) in [7, 11) is 4.47. The van der Waals surface area contributed by atoms with Crippen LogP contribution in [0.5, 0.6) is 17.2 Å². The molecular weight excluding hydrogens is 448 g/mol. The number of hydrogen-bond donors (Lipinski definition) is 3. The molecule has 0 aliphatic heterocycles. The van der Waals surface area contributed by atoms with Crippen LogP contribution in [-0.2, 0) is 17.6 Å². The quantitative estimate of drug-likeness (QED) is 0.404. The molecule has 1 aromatic heterocycles. The van der Waals surface area contributed by atoms with Gasteiger partial charge in [-0.2, -0.15) is 0 Å². The first kappa shape index (κ1) is 24.1.